The third-order valence-electron chi connectivity index (χ3n) is 9.18. The van der Waals surface area contributed by atoms with Crippen LogP contribution in [-0.4, -0.2) is 72.8 Å². The number of para-hydroxylation sites is 2. The number of unbranched alkanes of at least 4 members (excludes halogenated alkanes) is 2. The number of carbonyl (C=O) groups is 6. The zero-order valence-electron chi connectivity index (χ0n) is 33.3. The van der Waals surface area contributed by atoms with Crippen molar-refractivity contribution in [1.29, 1.82) is 0 Å². The van der Waals surface area contributed by atoms with Crippen molar-refractivity contribution in [1.82, 2.24) is 21.3 Å². The molecule has 1 aliphatic rings. The van der Waals surface area contributed by atoms with Gasteiger partial charge in [0.2, 0.25) is 17.7 Å². The molecule has 1 heterocycles. The van der Waals surface area contributed by atoms with Crippen molar-refractivity contribution in [2.45, 2.75) is 77.2 Å². The lowest BCUT2D eigenvalue weighted by Crippen LogP contribution is -2.56. The van der Waals surface area contributed by atoms with Gasteiger partial charge >= 0.3 is 6.09 Å². The molecule has 1 unspecified atom stereocenters. The molecule has 1 aliphatic heterocycles. The van der Waals surface area contributed by atoms with Crippen LogP contribution in [0.1, 0.15) is 80.1 Å². The third-order valence-corrected chi connectivity index (χ3v) is 9.18. The van der Waals surface area contributed by atoms with Gasteiger partial charge in [0.25, 0.3) is 5.91 Å². The highest BCUT2D eigenvalue weighted by atomic mass is 16.6. The molecular formula is C45H51N5O8. The summed E-state index contributed by atoms with van der Waals surface area (Å²) in [5.74, 6) is -1.90. The quantitative estimate of drug-likeness (QED) is 0.0860. The van der Waals surface area contributed by atoms with Gasteiger partial charge in [0.05, 0.1) is 12.1 Å². The third kappa shape index (κ3) is 12.2. The number of benzene rings is 4. The summed E-state index contributed by atoms with van der Waals surface area (Å²) in [7, 11) is 0. The van der Waals surface area contributed by atoms with E-state index >= 15 is 0 Å². The number of ketones is 1. The van der Waals surface area contributed by atoms with Gasteiger partial charge in [-0.1, -0.05) is 91.0 Å². The second-order valence-electron chi connectivity index (χ2n) is 15.0. The minimum atomic E-state index is -1.28. The molecule has 13 heteroatoms. The maximum Gasteiger partial charge on any atom is 0.407 e. The molecule has 4 aromatic carbocycles. The van der Waals surface area contributed by atoms with E-state index in [2.05, 4.69) is 21.3 Å². The molecule has 0 fully saturated rings. The number of fused-ring (bicyclic) bond motifs is 1. The van der Waals surface area contributed by atoms with Crippen LogP contribution in [0, 0.1) is 0 Å². The average molecular weight is 790 g/mol. The lowest BCUT2D eigenvalue weighted by atomic mass is 10.00. The van der Waals surface area contributed by atoms with E-state index < -0.39 is 53.5 Å². The van der Waals surface area contributed by atoms with Crippen LogP contribution in [0.2, 0.25) is 0 Å². The Balaban J connectivity index is 1.23. The molecule has 5 amide bonds. The second-order valence-corrected chi connectivity index (χ2v) is 15.0. The number of amides is 5. The molecule has 0 bridgehead atoms. The maximum atomic E-state index is 14.5. The second kappa shape index (κ2) is 20.1. The SMILES string of the molecule is CC(NC(=O)Cc1cccc(C(=O)c2ccccc2)c1)C(=O)N[C@@H]1C(=O)N(CC(=O)NCCCCCNC(=O)OC(C)(C)C)c2ccccc2O[C@@H]1c1ccccc1. The van der Waals surface area contributed by atoms with Crippen LogP contribution in [0.3, 0.4) is 0 Å². The highest BCUT2D eigenvalue weighted by Gasteiger charge is 2.41. The monoisotopic (exact) mass is 789 g/mol. The predicted octanol–water partition coefficient (Wildman–Crippen LogP) is 5.43. The summed E-state index contributed by atoms with van der Waals surface area (Å²) >= 11 is 0. The summed E-state index contributed by atoms with van der Waals surface area (Å²) in [5, 5.41) is 11.1. The Bertz CT molecular complexity index is 2070. The Morgan fingerprint density at radius 3 is 2.10 bits per heavy atom. The van der Waals surface area contributed by atoms with Gasteiger partial charge in [-0.15, -0.1) is 0 Å². The summed E-state index contributed by atoms with van der Waals surface area (Å²) < 4.78 is 11.7. The Hall–Kier alpha value is -6.50. The van der Waals surface area contributed by atoms with Crippen LogP contribution in [-0.2, 0) is 30.3 Å². The fourth-order valence-electron chi connectivity index (χ4n) is 6.36. The highest BCUT2D eigenvalue weighted by Crippen LogP contribution is 2.37. The van der Waals surface area contributed by atoms with Crippen LogP contribution >= 0.6 is 0 Å². The number of alkyl carbamates (subject to hydrolysis) is 1. The topological polar surface area (TPSA) is 172 Å². The fourth-order valence-corrected chi connectivity index (χ4v) is 6.36. The molecule has 4 aromatic rings. The Kier molecular flexibility index (Phi) is 14.8. The molecule has 13 nitrogen and oxygen atoms in total. The molecule has 3 atom stereocenters. The first kappa shape index (κ1) is 42.6. The molecule has 58 heavy (non-hydrogen) atoms. The van der Waals surface area contributed by atoms with Crippen LogP contribution in [0.25, 0.3) is 0 Å². The molecule has 0 saturated heterocycles. The zero-order valence-corrected chi connectivity index (χ0v) is 33.3. The Labute approximate surface area is 338 Å². The minimum absolute atomic E-state index is 0.0905. The van der Waals surface area contributed by atoms with Gasteiger partial charge < -0.3 is 30.7 Å². The van der Waals surface area contributed by atoms with Gasteiger partial charge in [0.1, 0.15) is 30.0 Å². The number of hydrogen-bond donors (Lipinski definition) is 4. The number of carbonyl (C=O) groups excluding carboxylic acids is 6. The standard InChI is InChI=1S/C45H51N5O8/c1-30(48-37(51)28-31-17-16-22-34(27-31)40(53)32-18-8-5-9-19-32)42(54)49-39-41(33-20-10-6-11-21-33)57-36-24-13-12-23-35(36)50(43(39)55)29-38(52)46-25-14-7-15-26-47-44(56)58-45(2,3)4/h5-6,8-13,16-24,27,30,39,41H,7,14-15,25-26,28-29H2,1-4H3,(H,46,52)(H,47,56)(H,48,51)(H,49,54)/t30?,39-,41+/m0/s1. The van der Waals surface area contributed by atoms with E-state index in [1.54, 1.807) is 118 Å². The van der Waals surface area contributed by atoms with Crippen molar-refractivity contribution in [3.05, 3.63) is 131 Å². The van der Waals surface area contributed by atoms with Crippen LogP contribution < -0.4 is 30.9 Å². The van der Waals surface area contributed by atoms with E-state index in [0.717, 1.165) is 6.42 Å². The molecule has 4 N–H and O–H groups in total. The van der Waals surface area contributed by atoms with Crippen molar-refractivity contribution < 1.29 is 38.2 Å². The number of nitrogens with zero attached hydrogens (tertiary/aromatic N) is 1. The van der Waals surface area contributed by atoms with Gasteiger partial charge in [-0.05, 0) is 76.3 Å². The molecule has 0 aliphatic carbocycles. The van der Waals surface area contributed by atoms with Crippen LogP contribution in [0.4, 0.5) is 10.5 Å². The van der Waals surface area contributed by atoms with E-state index in [1.165, 1.54) is 11.8 Å². The lowest BCUT2D eigenvalue weighted by Gasteiger charge is -2.29. The maximum absolute atomic E-state index is 14.5. The Morgan fingerprint density at radius 2 is 1.40 bits per heavy atom. The van der Waals surface area contributed by atoms with Gasteiger partial charge in [-0.25, -0.2) is 4.79 Å². The van der Waals surface area contributed by atoms with Crippen molar-refractivity contribution in [2.75, 3.05) is 24.5 Å². The van der Waals surface area contributed by atoms with E-state index in [9.17, 15) is 28.8 Å². The molecule has 0 spiro atoms. The van der Waals surface area contributed by atoms with Crippen LogP contribution in [0.15, 0.2) is 109 Å². The van der Waals surface area contributed by atoms with Gasteiger partial charge in [0, 0.05) is 24.2 Å². The summed E-state index contributed by atoms with van der Waals surface area (Å²) in [6.45, 7) is 7.34. The number of ether oxygens (including phenoxy) is 2. The Morgan fingerprint density at radius 1 is 0.759 bits per heavy atom. The first-order valence-corrected chi connectivity index (χ1v) is 19.4. The highest BCUT2D eigenvalue weighted by molar-refractivity contribution is 6.09. The number of anilines is 1. The minimum Gasteiger partial charge on any atom is -0.481 e. The number of rotatable bonds is 16. The lowest BCUT2D eigenvalue weighted by molar-refractivity contribution is -0.132. The van der Waals surface area contributed by atoms with E-state index in [4.69, 9.17) is 9.47 Å². The molecular weight excluding hydrogens is 739 g/mol. The van der Waals surface area contributed by atoms with E-state index in [-0.39, 0.29) is 18.7 Å². The summed E-state index contributed by atoms with van der Waals surface area (Å²) in [4.78, 5) is 80.9. The van der Waals surface area contributed by atoms with Crippen molar-refractivity contribution >= 4 is 41.2 Å². The van der Waals surface area contributed by atoms with Gasteiger partial charge in [0.15, 0.2) is 11.9 Å². The van der Waals surface area contributed by atoms with Crippen molar-refractivity contribution in [2.24, 2.45) is 0 Å². The zero-order chi connectivity index (χ0) is 41.7. The van der Waals surface area contributed by atoms with E-state index in [1.807, 2.05) is 12.1 Å². The summed E-state index contributed by atoms with van der Waals surface area (Å²) in [6, 6.07) is 29.1. The molecule has 0 aromatic heterocycles. The molecule has 0 saturated carbocycles. The van der Waals surface area contributed by atoms with Gasteiger partial charge in [-0.2, -0.15) is 0 Å². The van der Waals surface area contributed by atoms with Crippen molar-refractivity contribution in [3.8, 4) is 5.75 Å². The predicted molar refractivity (Wildman–Crippen MR) is 219 cm³/mol. The normalized spacial score (nSPS) is 15.4. The fraction of sp³-hybridized carbons (Fsp3) is 0.333. The molecule has 304 valence electrons. The first-order valence-electron chi connectivity index (χ1n) is 19.4. The van der Waals surface area contributed by atoms with Crippen LogP contribution in [0.5, 0.6) is 5.75 Å². The first-order chi connectivity index (χ1) is 27.8. The number of nitrogens with one attached hydrogen (secondary N) is 4. The smallest absolute Gasteiger partial charge is 0.407 e. The number of hydrogen-bond acceptors (Lipinski definition) is 8. The molecule has 0 radical (unpaired) electrons. The van der Waals surface area contributed by atoms with Gasteiger partial charge in [-0.3, -0.25) is 28.9 Å². The summed E-state index contributed by atoms with van der Waals surface area (Å²) in [6.07, 6.45) is 0.518. The summed E-state index contributed by atoms with van der Waals surface area (Å²) in [5.41, 5.74) is 1.95. The average Bonchev–Trinajstić information content (AvgIpc) is 3.31. The largest absolute Gasteiger partial charge is 0.481 e. The van der Waals surface area contributed by atoms with Crippen molar-refractivity contribution in [3.63, 3.8) is 0 Å². The van der Waals surface area contributed by atoms with E-state index in [0.29, 0.717) is 59.6 Å². The molecule has 5 rings (SSSR count).